The van der Waals surface area contributed by atoms with Gasteiger partial charge < -0.3 is 15.8 Å². The number of benzene rings is 1. The smallest absolute Gasteiger partial charge is 0.302 e. The first-order chi connectivity index (χ1) is 8.02. The molecule has 1 amide bonds. The molecule has 1 aromatic carbocycles. The first-order valence-electron chi connectivity index (χ1n) is 5.29. The van der Waals surface area contributed by atoms with E-state index in [0.29, 0.717) is 11.3 Å². The van der Waals surface area contributed by atoms with Crippen LogP contribution in [0.15, 0.2) is 18.2 Å². The van der Waals surface area contributed by atoms with Crippen LogP contribution < -0.4 is 11.1 Å². The van der Waals surface area contributed by atoms with Crippen molar-refractivity contribution in [3.63, 3.8) is 0 Å². The molecule has 0 aliphatic heterocycles. The maximum Gasteiger partial charge on any atom is 0.302 e. The lowest BCUT2D eigenvalue weighted by Gasteiger charge is -2.09. The molecule has 0 saturated heterocycles. The van der Waals surface area contributed by atoms with Gasteiger partial charge >= 0.3 is 5.97 Å². The summed E-state index contributed by atoms with van der Waals surface area (Å²) in [7, 11) is 0. The van der Waals surface area contributed by atoms with Gasteiger partial charge in [-0.25, -0.2) is 0 Å². The lowest BCUT2D eigenvalue weighted by Crippen LogP contribution is -2.28. The molecule has 0 spiro atoms. The maximum atomic E-state index is 11.7. The third kappa shape index (κ3) is 3.79. The Hall–Kier alpha value is -2.04. The van der Waals surface area contributed by atoms with Crippen molar-refractivity contribution < 1.29 is 14.3 Å². The van der Waals surface area contributed by atoms with Crippen LogP contribution in [0.5, 0.6) is 0 Å². The lowest BCUT2D eigenvalue weighted by molar-refractivity contribution is -0.140. The van der Waals surface area contributed by atoms with Crippen LogP contribution in [0.3, 0.4) is 0 Å². The van der Waals surface area contributed by atoms with Crippen LogP contribution in [-0.2, 0) is 9.53 Å². The van der Waals surface area contributed by atoms with Crippen molar-refractivity contribution in [1.82, 2.24) is 5.32 Å². The molecule has 0 aliphatic carbocycles. The summed E-state index contributed by atoms with van der Waals surface area (Å²) in [6, 6.07) is 5.27. The highest BCUT2D eigenvalue weighted by Crippen LogP contribution is 2.15. The van der Waals surface area contributed by atoms with E-state index < -0.39 is 0 Å². The number of esters is 1. The quantitative estimate of drug-likeness (QED) is 0.461. The fourth-order valence-corrected chi connectivity index (χ4v) is 1.33. The van der Waals surface area contributed by atoms with Crippen molar-refractivity contribution in [1.29, 1.82) is 0 Å². The number of amides is 1. The maximum absolute atomic E-state index is 11.7. The third-order valence-corrected chi connectivity index (χ3v) is 2.26. The Bertz CT molecular complexity index is 430. The first kappa shape index (κ1) is 13.0. The highest BCUT2D eigenvalue weighted by molar-refractivity contribution is 5.99. The largest absolute Gasteiger partial charge is 0.464 e. The molecule has 0 radical (unpaired) electrons. The summed E-state index contributed by atoms with van der Waals surface area (Å²) in [5, 5.41) is 2.63. The average molecular weight is 236 g/mol. The number of ether oxygens (including phenoxy) is 1. The molecular weight excluding hydrogens is 220 g/mol. The van der Waals surface area contributed by atoms with Gasteiger partial charge in [-0.15, -0.1) is 0 Å². The van der Waals surface area contributed by atoms with Gasteiger partial charge in [-0.2, -0.15) is 0 Å². The van der Waals surface area contributed by atoms with E-state index >= 15 is 0 Å². The van der Waals surface area contributed by atoms with Crippen LogP contribution in [0.1, 0.15) is 22.8 Å². The highest BCUT2D eigenvalue weighted by atomic mass is 16.5. The standard InChI is InChI=1S/C12H16N2O3/c1-8-4-3-5-10(11(8)13)12(16)14-6-7-17-9(2)15/h3-5H,6-7,13H2,1-2H3,(H,14,16). The Balaban J connectivity index is 2.53. The second-order valence-corrected chi connectivity index (χ2v) is 3.63. The Morgan fingerprint density at radius 2 is 2.12 bits per heavy atom. The molecule has 0 bridgehead atoms. The molecule has 92 valence electrons. The van der Waals surface area contributed by atoms with Gasteiger partial charge in [-0.1, -0.05) is 12.1 Å². The van der Waals surface area contributed by atoms with E-state index in [0.717, 1.165) is 5.56 Å². The molecule has 3 N–H and O–H groups in total. The van der Waals surface area contributed by atoms with Gasteiger partial charge in [0, 0.05) is 12.6 Å². The molecule has 0 aromatic heterocycles. The van der Waals surface area contributed by atoms with E-state index in [1.165, 1.54) is 6.92 Å². The molecule has 1 rings (SSSR count). The van der Waals surface area contributed by atoms with E-state index in [4.69, 9.17) is 10.5 Å². The number of nitrogens with one attached hydrogen (secondary N) is 1. The SMILES string of the molecule is CC(=O)OCCNC(=O)c1cccc(C)c1N. The van der Waals surface area contributed by atoms with E-state index in [-0.39, 0.29) is 25.0 Å². The third-order valence-electron chi connectivity index (χ3n) is 2.26. The lowest BCUT2D eigenvalue weighted by atomic mass is 10.1. The summed E-state index contributed by atoms with van der Waals surface area (Å²) < 4.78 is 4.70. The second kappa shape index (κ2) is 5.89. The first-order valence-corrected chi connectivity index (χ1v) is 5.29. The van der Waals surface area contributed by atoms with E-state index in [9.17, 15) is 9.59 Å². The second-order valence-electron chi connectivity index (χ2n) is 3.63. The van der Waals surface area contributed by atoms with Crippen LogP contribution in [-0.4, -0.2) is 25.0 Å². The molecule has 0 unspecified atom stereocenters. The van der Waals surface area contributed by atoms with Crippen LogP contribution in [0.25, 0.3) is 0 Å². The number of nitrogen functional groups attached to an aromatic ring is 1. The minimum atomic E-state index is -0.366. The fraction of sp³-hybridized carbons (Fsp3) is 0.333. The number of para-hydroxylation sites is 1. The molecule has 0 aliphatic rings. The molecule has 1 aromatic rings. The molecule has 17 heavy (non-hydrogen) atoms. The van der Waals surface area contributed by atoms with Gasteiger partial charge in [0.1, 0.15) is 6.61 Å². The molecule has 5 heteroatoms. The van der Waals surface area contributed by atoms with Gasteiger partial charge in [0.15, 0.2) is 0 Å². The van der Waals surface area contributed by atoms with E-state index in [1.54, 1.807) is 12.1 Å². The number of carbonyl (C=O) groups excluding carboxylic acids is 2. The minimum absolute atomic E-state index is 0.160. The van der Waals surface area contributed by atoms with E-state index in [2.05, 4.69) is 5.32 Å². The molecule has 5 nitrogen and oxygen atoms in total. The summed E-state index contributed by atoms with van der Waals surface area (Å²) in [5.41, 5.74) is 7.56. The molecule has 0 atom stereocenters. The number of hydrogen-bond acceptors (Lipinski definition) is 4. The van der Waals surface area contributed by atoms with Gasteiger partial charge in [0.25, 0.3) is 5.91 Å². The average Bonchev–Trinajstić information content (AvgIpc) is 2.27. The van der Waals surface area contributed by atoms with Crippen LogP contribution in [0, 0.1) is 6.92 Å². The van der Waals surface area contributed by atoms with Crippen LogP contribution >= 0.6 is 0 Å². The fourth-order valence-electron chi connectivity index (χ4n) is 1.33. The Labute approximate surface area is 99.9 Å². The van der Waals surface area contributed by atoms with Gasteiger partial charge in [0.2, 0.25) is 0 Å². The van der Waals surface area contributed by atoms with Crippen LogP contribution in [0.4, 0.5) is 5.69 Å². The number of carbonyl (C=O) groups is 2. The number of aryl methyl sites for hydroxylation is 1. The normalized spacial score (nSPS) is 9.76. The minimum Gasteiger partial charge on any atom is -0.464 e. The van der Waals surface area contributed by atoms with Crippen molar-refractivity contribution in [2.75, 3.05) is 18.9 Å². The van der Waals surface area contributed by atoms with Crippen molar-refractivity contribution in [3.8, 4) is 0 Å². The number of rotatable bonds is 4. The zero-order chi connectivity index (χ0) is 12.8. The highest BCUT2D eigenvalue weighted by Gasteiger charge is 2.09. The summed E-state index contributed by atoms with van der Waals surface area (Å²) in [5.74, 6) is -0.632. The number of nitrogens with two attached hydrogens (primary N) is 1. The summed E-state index contributed by atoms with van der Waals surface area (Å²) in [6.45, 7) is 3.59. The Morgan fingerprint density at radius 3 is 2.76 bits per heavy atom. The summed E-state index contributed by atoms with van der Waals surface area (Å²) in [6.07, 6.45) is 0. The van der Waals surface area contributed by atoms with Crippen molar-refractivity contribution in [2.24, 2.45) is 0 Å². The Morgan fingerprint density at radius 1 is 1.41 bits per heavy atom. The van der Waals surface area contributed by atoms with Gasteiger partial charge in [0.05, 0.1) is 12.1 Å². The van der Waals surface area contributed by atoms with Crippen molar-refractivity contribution in [3.05, 3.63) is 29.3 Å². The topological polar surface area (TPSA) is 81.4 Å². The van der Waals surface area contributed by atoms with Crippen molar-refractivity contribution >= 4 is 17.6 Å². The predicted molar refractivity (Wildman–Crippen MR) is 64.6 cm³/mol. The molecule has 0 fully saturated rings. The van der Waals surface area contributed by atoms with E-state index in [1.807, 2.05) is 13.0 Å². The monoisotopic (exact) mass is 236 g/mol. The zero-order valence-electron chi connectivity index (χ0n) is 9.95. The molecule has 0 saturated carbocycles. The zero-order valence-corrected chi connectivity index (χ0v) is 9.95. The molecular formula is C12H16N2O3. The van der Waals surface area contributed by atoms with Gasteiger partial charge in [-0.05, 0) is 18.6 Å². The summed E-state index contributed by atoms with van der Waals surface area (Å²) in [4.78, 5) is 22.2. The predicted octanol–water partition coefficient (Wildman–Crippen LogP) is 0.870. The van der Waals surface area contributed by atoms with Crippen molar-refractivity contribution in [2.45, 2.75) is 13.8 Å². The number of hydrogen-bond donors (Lipinski definition) is 2. The Kier molecular flexibility index (Phi) is 4.51. The number of anilines is 1. The van der Waals surface area contributed by atoms with Gasteiger partial charge in [-0.3, -0.25) is 9.59 Å². The molecule has 0 heterocycles. The van der Waals surface area contributed by atoms with Crippen LogP contribution in [0.2, 0.25) is 0 Å². The summed E-state index contributed by atoms with van der Waals surface area (Å²) >= 11 is 0.